The van der Waals surface area contributed by atoms with E-state index in [9.17, 15) is 0 Å². The van der Waals surface area contributed by atoms with Gasteiger partial charge in [-0.25, -0.2) is 4.98 Å². The SMILES string of the molecule is Cn1nccc1CN1CCO[C@H](c2cccc(N)n2)C1. The van der Waals surface area contributed by atoms with Crippen LogP contribution in [0.2, 0.25) is 0 Å². The van der Waals surface area contributed by atoms with E-state index in [1.165, 1.54) is 5.69 Å². The molecule has 20 heavy (non-hydrogen) atoms. The molecule has 0 aromatic carbocycles. The number of aromatic nitrogens is 3. The van der Waals surface area contributed by atoms with Gasteiger partial charge in [-0.15, -0.1) is 0 Å². The molecule has 1 fully saturated rings. The molecule has 0 amide bonds. The van der Waals surface area contributed by atoms with Gasteiger partial charge < -0.3 is 10.5 Å². The molecule has 0 aliphatic carbocycles. The molecule has 1 aliphatic heterocycles. The lowest BCUT2D eigenvalue weighted by molar-refractivity contribution is -0.0355. The van der Waals surface area contributed by atoms with Gasteiger partial charge in [0.15, 0.2) is 0 Å². The molecular weight excluding hydrogens is 254 g/mol. The molecule has 106 valence electrons. The standard InChI is InChI=1S/C14H19N5O/c1-18-11(5-6-16-18)9-19-7-8-20-13(10-19)12-3-2-4-14(15)17-12/h2-6,13H,7-10H2,1H3,(H2,15,17)/t13-/m0/s1. The van der Waals surface area contributed by atoms with Crippen molar-refractivity contribution in [3.8, 4) is 0 Å². The molecule has 0 bridgehead atoms. The topological polar surface area (TPSA) is 69.2 Å². The van der Waals surface area contributed by atoms with Crippen LogP contribution < -0.4 is 5.73 Å². The molecule has 0 spiro atoms. The van der Waals surface area contributed by atoms with E-state index in [2.05, 4.69) is 15.0 Å². The number of pyridine rings is 1. The van der Waals surface area contributed by atoms with Crippen LogP contribution in [0.1, 0.15) is 17.5 Å². The van der Waals surface area contributed by atoms with Crippen molar-refractivity contribution < 1.29 is 4.74 Å². The first-order valence-electron chi connectivity index (χ1n) is 6.75. The number of aryl methyl sites for hydroxylation is 1. The molecule has 2 aromatic rings. The van der Waals surface area contributed by atoms with Crippen molar-refractivity contribution in [3.05, 3.63) is 41.9 Å². The van der Waals surface area contributed by atoms with E-state index in [0.29, 0.717) is 12.4 Å². The van der Waals surface area contributed by atoms with Crippen molar-refractivity contribution in [2.75, 3.05) is 25.4 Å². The fourth-order valence-corrected chi connectivity index (χ4v) is 2.46. The van der Waals surface area contributed by atoms with Gasteiger partial charge in [0.2, 0.25) is 0 Å². The lowest BCUT2D eigenvalue weighted by Gasteiger charge is -2.32. The third-order valence-corrected chi connectivity index (χ3v) is 3.58. The zero-order valence-electron chi connectivity index (χ0n) is 11.6. The van der Waals surface area contributed by atoms with Gasteiger partial charge in [-0.1, -0.05) is 6.07 Å². The van der Waals surface area contributed by atoms with Gasteiger partial charge in [-0.2, -0.15) is 5.10 Å². The number of hydrogen-bond acceptors (Lipinski definition) is 5. The van der Waals surface area contributed by atoms with Gasteiger partial charge in [0, 0.05) is 32.9 Å². The minimum atomic E-state index is -0.0134. The second-order valence-corrected chi connectivity index (χ2v) is 5.03. The van der Waals surface area contributed by atoms with Crippen LogP contribution in [-0.4, -0.2) is 39.4 Å². The number of nitrogen functional groups attached to an aromatic ring is 1. The lowest BCUT2D eigenvalue weighted by atomic mass is 10.2. The Morgan fingerprint density at radius 1 is 1.40 bits per heavy atom. The minimum absolute atomic E-state index is 0.0134. The molecule has 1 saturated heterocycles. The van der Waals surface area contributed by atoms with Crippen LogP contribution in [0.5, 0.6) is 0 Å². The van der Waals surface area contributed by atoms with Crippen LogP contribution in [0.15, 0.2) is 30.5 Å². The van der Waals surface area contributed by atoms with Gasteiger partial charge >= 0.3 is 0 Å². The molecule has 2 N–H and O–H groups in total. The summed E-state index contributed by atoms with van der Waals surface area (Å²) >= 11 is 0. The maximum atomic E-state index is 5.82. The van der Waals surface area contributed by atoms with Crippen LogP contribution in [0.25, 0.3) is 0 Å². The Morgan fingerprint density at radius 2 is 2.30 bits per heavy atom. The number of nitrogens with zero attached hydrogens (tertiary/aromatic N) is 4. The molecule has 6 nitrogen and oxygen atoms in total. The highest BCUT2D eigenvalue weighted by Gasteiger charge is 2.23. The zero-order chi connectivity index (χ0) is 13.9. The van der Waals surface area contributed by atoms with E-state index < -0.39 is 0 Å². The van der Waals surface area contributed by atoms with Gasteiger partial charge in [0.05, 0.1) is 18.0 Å². The number of nitrogens with two attached hydrogens (primary N) is 1. The van der Waals surface area contributed by atoms with E-state index in [1.807, 2.05) is 36.1 Å². The summed E-state index contributed by atoms with van der Waals surface area (Å²) in [6.45, 7) is 3.32. The summed E-state index contributed by atoms with van der Waals surface area (Å²) in [7, 11) is 1.96. The number of hydrogen-bond donors (Lipinski definition) is 1. The first-order valence-corrected chi connectivity index (χ1v) is 6.75. The van der Waals surface area contributed by atoms with E-state index in [4.69, 9.17) is 10.5 Å². The summed E-state index contributed by atoms with van der Waals surface area (Å²) in [5.74, 6) is 0.537. The van der Waals surface area contributed by atoms with E-state index in [1.54, 1.807) is 6.07 Å². The highest BCUT2D eigenvalue weighted by atomic mass is 16.5. The van der Waals surface area contributed by atoms with Crippen molar-refractivity contribution in [2.24, 2.45) is 7.05 Å². The molecular formula is C14H19N5O. The van der Waals surface area contributed by atoms with Crippen LogP contribution in [0.4, 0.5) is 5.82 Å². The van der Waals surface area contributed by atoms with Crippen LogP contribution in [0, 0.1) is 0 Å². The van der Waals surface area contributed by atoms with Gasteiger partial charge in [-0.3, -0.25) is 9.58 Å². The molecule has 3 heterocycles. The summed E-state index contributed by atoms with van der Waals surface area (Å²) in [6, 6.07) is 7.72. The highest BCUT2D eigenvalue weighted by Crippen LogP contribution is 2.22. The molecule has 2 aromatic heterocycles. The van der Waals surface area contributed by atoms with Crippen LogP contribution in [0.3, 0.4) is 0 Å². The average molecular weight is 273 g/mol. The lowest BCUT2D eigenvalue weighted by Crippen LogP contribution is -2.38. The van der Waals surface area contributed by atoms with Crippen molar-refractivity contribution in [1.82, 2.24) is 19.7 Å². The van der Waals surface area contributed by atoms with Crippen LogP contribution >= 0.6 is 0 Å². The predicted molar refractivity (Wildman–Crippen MR) is 75.8 cm³/mol. The molecule has 0 unspecified atom stereocenters. The molecule has 0 radical (unpaired) electrons. The molecule has 3 rings (SSSR count). The van der Waals surface area contributed by atoms with Gasteiger partial charge in [0.25, 0.3) is 0 Å². The number of rotatable bonds is 3. The third kappa shape index (κ3) is 2.81. The minimum Gasteiger partial charge on any atom is -0.384 e. The van der Waals surface area contributed by atoms with Crippen molar-refractivity contribution in [3.63, 3.8) is 0 Å². The van der Waals surface area contributed by atoms with E-state index in [0.717, 1.165) is 25.3 Å². The molecule has 1 aliphatic rings. The largest absolute Gasteiger partial charge is 0.384 e. The van der Waals surface area contributed by atoms with E-state index in [-0.39, 0.29) is 6.10 Å². The number of ether oxygens (including phenoxy) is 1. The fraction of sp³-hybridized carbons (Fsp3) is 0.429. The Balaban J connectivity index is 1.69. The first-order chi connectivity index (χ1) is 9.72. The average Bonchev–Trinajstić information content (AvgIpc) is 2.85. The Bertz CT molecular complexity index is 582. The highest BCUT2D eigenvalue weighted by molar-refractivity contribution is 5.29. The van der Waals surface area contributed by atoms with Crippen molar-refractivity contribution in [1.29, 1.82) is 0 Å². The Hall–Kier alpha value is -1.92. The summed E-state index contributed by atoms with van der Waals surface area (Å²) in [4.78, 5) is 6.71. The molecule has 1 atom stereocenters. The quantitative estimate of drug-likeness (QED) is 0.902. The monoisotopic (exact) mass is 273 g/mol. The first kappa shape index (κ1) is 13.1. The van der Waals surface area contributed by atoms with Crippen molar-refractivity contribution >= 4 is 5.82 Å². The second-order valence-electron chi connectivity index (χ2n) is 5.03. The fourth-order valence-electron chi connectivity index (χ4n) is 2.46. The van der Waals surface area contributed by atoms with Crippen molar-refractivity contribution in [2.45, 2.75) is 12.6 Å². The Morgan fingerprint density at radius 3 is 3.05 bits per heavy atom. The number of anilines is 1. The third-order valence-electron chi connectivity index (χ3n) is 3.58. The van der Waals surface area contributed by atoms with Gasteiger partial charge in [0.1, 0.15) is 11.9 Å². The van der Waals surface area contributed by atoms with Crippen LogP contribution in [-0.2, 0) is 18.3 Å². The maximum absolute atomic E-state index is 5.82. The Kier molecular flexibility index (Phi) is 3.66. The maximum Gasteiger partial charge on any atom is 0.123 e. The van der Waals surface area contributed by atoms with Gasteiger partial charge in [-0.05, 0) is 18.2 Å². The summed E-state index contributed by atoms with van der Waals surface area (Å²) < 4.78 is 7.72. The summed E-state index contributed by atoms with van der Waals surface area (Å²) in [5, 5.41) is 4.20. The van der Waals surface area contributed by atoms with E-state index >= 15 is 0 Å². The summed E-state index contributed by atoms with van der Waals surface area (Å²) in [6.07, 6.45) is 1.81. The Labute approximate surface area is 118 Å². The summed E-state index contributed by atoms with van der Waals surface area (Å²) in [5.41, 5.74) is 7.84. The normalized spacial score (nSPS) is 20.1. The number of morpholine rings is 1. The molecule has 6 heteroatoms. The predicted octanol–water partition coefficient (Wildman–Crippen LogP) is 0.971. The zero-order valence-corrected chi connectivity index (χ0v) is 11.6. The second kappa shape index (κ2) is 5.60. The molecule has 0 saturated carbocycles. The smallest absolute Gasteiger partial charge is 0.123 e.